The maximum absolute atomic E-state index is 5.89. The third-order valence-electron chi connectivity index (χ3n) is 5.13. The number of aryl methyl sites for hydroxylation is 1. The molecule has 1 aliphatic carbocycles. The summed E-state index contributed by atoms with van der Waals surface area (Å²) in [4.78, 5) is 11.2. The van der Waals surface area contributed by atoms with Crippen molar-refractivity contribution in [3.8, 4) is 11.5 Å². The topological polar surface area (TPSA) is 59.5 Å². The number of methoxy groups -OCH3 is 1. The zero-order valence-electron chi connectivity index (χ0n) is 16.2. The van der Waals surface area contributed by atoms with Gasteiger partial charge in [0.2, 0.25) is 5.95 Å². The Kier molecular flexibility index (Phi) is 4.99. The van der Waals surface area contributed by atoms with Gasteiger partial charge in [0.05, 0.1) is 12.8 Å². The molecule has 0 spiro atoms. The van der Waals surface area contributed by atoms with Gasteiger partial charge < -0.3 is 19.7 Å². The molecular formula is C21H26N4O2. The number of nitrogens with one attached hydrogen (secondary N) is 1. The van der Waals surface area contributed by atoms with Gasteiger partial charge in [0.15, 0.2) is 0 Å². The molecule has 4 rings (SSSR count). The fraction of sp³-hybridized carbons (Fsp3) is 0.429. The average molecular weight is 366 g/mol. The minimum Gasteiger partial charge on any atom is -0.497 e. The number of benzene rings is 1. The molecule has 0 saturated carbocycles. The Labute approximate surface area is 160 Å². The van der Waals surface area contributed by atoms with E-state index in [4.69, 9.17) is 14.5 Å². The lowest BCUT2D eigenvalue weighted by Crippen LogP contribution is -2.30. The Morgan fingerprint density at radius 2 is 2.22 bits per heavy atom. The van der Waals surface area contributed by atoms with Gasteiger partial charge in [0.1, 0.15) is 18.1 Å². The second kappa shape index (κ2) is 7.56. The third-order valence-corrected chi connectivity index (χ3v) is 5.13. The molecule has 0 fully saturated rings. The standard InChI is InChI=1S/C21H26N4O2/c1-25(2)21-23-12-17-18(5-4-6-19(17)24-21)22-11-14-9-15-10-16(26-3)7-8-20(15)27-13-14/h7-10,12,18,22H,4-6,11,13H2,1-3H3. The number of anilines is 1. The first kappa shape index (κ1) is 17.8. The van der Waals surface area contributed by atoms with Gasteiger partial charge in [-0.25, -0.2) is 9.97 Å². The molecule has 1 atom stereocenters. The number of hydrogen-bond acceptors (Lipinski definition) is 6. The highest BCUT2D eigenvalue weighted by Gasteiger charge is 2.23. The van der Waals surface area contributed by atoms with Crippen molar-refractivity contribution in [1.82, 2.24) is 15.3 Å². The molecule has 0 amide bonds. The Balaban J connectivity index is 1.48. The van der Waals surface area contributed by atoms with Crippen molar-refractivity contribution in [2.75, 3.05) is 39.3 Å². The zero-order chi connectivity index (χ0) is 18.8. The molecule has 1 aromatic carbocycles. The van der Waals surface area contributed by atoms with E-state index in [2.05, 4.69) is 16.4 Å². The molecule has 0 radical (unpaired) electrons. The average Bonchev–Trinajstić information content (AvgIpc) is 2.71. The Morgan fingerprint density at radius 1 is 1.33 bits per heavy atom. The fourth-order valence-corrected chi connectivity index (χ4v) is 3.65. The van der Waals surface area contributed by atoms with Crippen LogP contribution >= 0.6 is 0 Å². The summed E-state index contributed by atoms with van der Waals surface area (Å²) >= 11 is 0. The first-order chi connectivity index (χ1) is 13.1. The molecule has 27 heavy (non-hydrogen) atoms. The van der Waals surface area contributed by atoms with Crippen LogP contribution < -0.4 is 19.7 Å². The van der Waals surface area contributed by atoms with Crippen LogP contribution in [0, 0.1) is 0 Å². The number of nitrogens with zero attached hydrogens (tertiary/aromatic N) is 3. The van der Waals surface area contributed by atoms with Crippen molar-refractivity contribution in [2.45, 2.75) is 25.3 Å². The molecule has 2 heterocycles. The minimum absolute atomic E-state index is 0.289. The second-order valence-electron chi connectivity index (χ2n) is 7.29. The van der Waals surface area contributed by atoms with Gasteiger partial charge in [-0.05, 0) is 49.1 Å². The highest BCUT2D eigenvalue weighted by Crippen LogP contribution is 2.31. The van der Waals surface area contributed by atoms with Gasteiger partial charge in [-0.15, -0.1) is 0 Å². The lowest BCUT2D eigenvalue weighted by molar-refractivity contribution is 0.338. The lowest BCUT2D eigenvalue weighted by Gasteiger charge is -2.27. The predicted molar refractivity (Wildman–Crippen MR) is 107 cm³/mol. The van der Waals surface area contributed by atoms with Crippen molar-refractivity contribution in [3.05, 3.63) is 46.8 Å². The van der Waals surface area contributed by atoms with Crippen LogP contribution in [0.3, 0.4) is 0 Å². The first-order valence-corrected chi connectivity index (χ1v) is 9.41. The molecule has 1 aromatic heterocycles. The van der Waals surface area contributed by atoms with Crippen LogP contribution in [0.2, 0.25) is 0 Å². The van der Waals surface area contributed by atoms with Crippen LogP contribution in [0.5, 0.6) is 11.5 Å². The molecule has 2 aromatic rings. The summed E-state index contributed by atoms with van der Waals surface area (Å²) in [5.41, 5.74) is 4.70. The highest BCUT2D eigenvalue weighted by atomic mass is 16.5. The smallest absolute Gasteiger partial charge is 0.225 e. The number of hydrogen-bond donors (Lipinski definition) is 1. The van der Waals surface area contributed by atoms with Crippen molar-refractivity contribution in [1.29, 1.82) is 0 Å². The maximum Gasteiger partial charge on any atom is 0.225 e. The molecule has 142 valence electrons. The number of fused-ring (bicyclic) bond motifs is 2. The van der Waals surface area contributed by atoms with Crippen molar-refractivity contribution in [3.63, 3.8) is 0 Å². The van der Waals surface area contributed by atoms with Crippen LogP contribution in [-0.2, 0) is 6.42 Å². The van der Waals surface area contributed by atoms with Gasteiger partial charge in [0.25, 0.3) is 0 Å². The van der Waals surface area contributed by atoms with Gasteiger partial charge in [-0.3, -0.25) is 0 Å². The number of aromatic nitrogens is 2. The Hall–Kier alpha value is -2.60. The Bertz CT molecular complexity index is 863. The highest BCUT2D eigenvalue weighted by molar-refractivity contribution is 5.64. The van der Waals surface area contributed by atoms with E-state index >= 15 is 0 Å². The SMILES string of the molecule is COc1ccc2c(c1)C=C(CNC1CCCc3nc(N(C)C)ncc31)CO2. The molecule has 2 aliphatic rings. The van der Waals surface area contributed by atoms with E-state index in [1.165, 1.54) is 16.8 Å². The second-order valence-corrected chi connectivity index (χ2v) is 7.29. The van der Waals surface area contributed by atoms with Crippen LogP contribution in [0.1, 0.15) is 35.7 Å². The fourth-order valence-electron chi connectivity index (χ4n) is 3.65. The molecule has 1 N–H and O–H groups in total. The monoisotopic (exact) mass is 366 g/mol. The normalized spacial score (nSPS) is 18.0. The Morgan fingerprint density at radius 3 is 3.04 bits per heavy atom. The van der Waals surface area contributed by atoms with Gasteiger partial charge in [0, 0.05) is 44.0 Å². The molecule has 0 bridgehead atoms. The van der Waals surface area contributed by atoms with Crippen molar-refractivity contribution < 1.29 is 9.47 Å². The molecule has 0 saturated heterocycles. The predicted octanol–water partition coefficient (Wildman–Crippen LogP) is 2.99. The van der Waals surface area contributed by atoms with E-state index in [1.807, 2.05) is 43.4 Å². The summed E-state index contributed by atoms with van der Waals surface area (Å²) in [6.45, 7) is 1.40. The summed E-state index contributed by atoms with van der Waals surface area (Å²) < 4.78 is 11.2. The van der Waals surface area contributed by atoms with E-state index in [-0.39, 0.29) is 6.04 Å². The van der Waals surface area contributed by atoms with E-state index in [9.17, 15) is 0 Å². The minimum atomic E-state index is 0.289. The van der Waals surface area contributed by atoms with Crippen molar-refractivity contribution >= 4 is 12.0 Å². The molecule has 1 unspecified atom stereocenters. The molecular weight excluding hydrogens is 340 g/mol. The van der Waals surface area contributed by atoms with Crippen molar-refractivity contribution in [2.24, 2.45) is 0 Å². The van der Waals surface area contributed by atoms with Crippen LogP contribution in [0.4, 0.5) is 5.95 Å². The van der Waals surface area contributed by atoms with Crippen LogP contribution in [-0.4, -0.2) is 44.3 Å². The van der Waals surface area contributed by atoms with Gasteiger partial charge in [-0.1, -0.05) is 0 Å². The summed E-state index contributed by atoms with van der Waals surface area (Å²) in [6, 6.07) is 6.20. The summed E-state index contributed by atoms with van der Waals surface area (Å²) in [7, 11) is 5.63. The zero-order valence-corrected chi connectivity index (χ0v) is 16.2. The van der Waals surface area contributed by atoms with Crippen LogP contribution in [0.15, 0.2) is 30.0 Å². The molecule has 6 nitrogen and oxygen atoms in total. The van der Waals surface area contributed by atoms with Crippen LogP contribution in [0.25, 0.3) is 6.08 Å². The quantitative estimate of drug-likeness (QED) is 0.878. The van der Waals surface area contributed by atoms with Gasteiger partial charge in [-0.2, -0.15) is 0 Å². The maximum atomic E-state index is 5.89. The summed E-state index contributed by atoms with van der Waals surface area (Å²) in [5.74, 6) is 2.54. The number of rotatable bonds is 5. The largest absolute Gasteiger partial charge is 0.497 e. The first-order valence-electron chi connectivity index (χ1n) is 9.41. The van der Waals surface area contributed by atoms with Gasteiger partial charge >= 0.3 is 0 Å². The number of ether oxygens (including phenoxy) is 2. The molecule has 6 heteroatoms. The third kappa shape index (κ3) is 3.76. The van der Waals surface area contributed by atoms with E-state index in [1.54, 1.807) is 7.11 Å². The van der Waals surface area contributed by atoms with E-state index in [0.717, 1.165) is 48.8 Å². The lowest BCUT2D eigenvalue weighted by atomic mass is 9.92. The van der Waals surface area contributed by atoms with E-state index < -0.39 is 0 Å². The summed E-state index contributed by atoms with van der Waals surface area (Å²) in [5, 5.41) is 3.68. The summed E-state index contributed by atoms with van der Waals surface area (Å²) in [6.07, 6.45) is 7.46. The molecule has 1 aliphatic heterocycles. The van der Waals surface area contributed by atoms with E-state index in [0.29, 0.717) is 6.61 Å².